The van der Waals surface area contributed by atoms with Crippen LogP contribution in [0.2, 0.25) is 0 Å². The Morgan fingerprint density at radius 2 is 1.90 bits per heavy atom. The Morgan fingerprint density at radius 3 is 2.55 bits per heavy atom. The number of piperidine rings is 1. The summed E-state index contributed by atoms with van der Waals surface area (Å²) in [5.74, 6) is 1.16. The maximum atomic E-state index is 11.7. The fraction of sp³-hybridized carbons (Fsp3) is 0.562. The van der Waals surface area contributed by atoms with E-state index in [4.69, 9.17) is 0 Å². The average molecular weight is 292 g/mol. The number of thioether (sulfide) groups is 1. The molecule has 0 bridgehead atoms. The van der Waals surface area contributed by atoms with Crippen LogP contribution >= 0.6 is 11.8 Å². The molecular weight excluding hydrogens is 268 g/mol. The quantitative estimate of drug-likeness (QED) is 0.810. The standard InChI is InChI=1S/C16H24N2OS/c1-20-13-5-6-16(19)17-14-7-9-15(10-8-14)18-11-3-2-4-12-18/h7-10H,2-6,11-13H2,1H3,(H,17,19). The number of hydrogen-bond donors (Lipinski definition) is 1. The van der Waals surface area contributed by atoms with Crippen LogP contribution in [0.15, 0.2) is 24.3 Å². The first kappa shape index (κ1) is 15.2. The number of nitrogens with zero attached hydrogens (tertiary/aromatic N) is 1. The van der Waals surface area contributed by atoms with Gasteiger partial charge in [-0.05, 0) is 62.0 Å². The molecule has 3 nitrogen and oxygen atoms in total. The Bertz CT molecular complexity index is 413. The van der Waals surface area contributed by atoms with Crippen molar-refractivity contribution in [3.63, 3.8) is 0 Å². The molecule has 110 valence electrons. The summed E-state index contributed by atoms with van der Waals surface area (Å²) in [6, 6.07) is 8.25. The molecule has 0 spiro atoms. The molecule has 0 saturated carbocycles. The van der Waals surface area contributed by atoms with E-state index < -0.39 is 0 Å². The normalized spacial score (nSPS) is 15.2. The summed E-state index contributed by atoms with van der Waals surface area (Å²) in [6.45, 7) is 2.31. The lowest BCUT2D eigenvalue weighted by Gasteiger charge is -2.28. The maximum absolute atomic E-state index is 11.7. The van der Waals surface area contributed by atoms with Crippen LogP contribution in [0.1, 0.15) is 32.1 Å². The van der Waals surface area contributed by atoms with Gasteiger partial charge < -0.3 is 10.2 Å². The topological polar surface area (TPSA) is 32.3 Å². The lowest BCUT2D eigenvalue weighted by atomic mass is 10.1. The van der Waals surface area contributed by atoms with E-state index in [-0.39, 0.29) is 5.91 Å². The molecule has 1 aliphatic heterocycles. The monoisotopic (exact) mass is 292 g/mol. The summed E-state index contributed by atoms with van der Waals surface area (Å²) in [5.41, 5.74) is 2.17. The Hall–Kier alpha value is -1.16. The molecule has 1 aliphatic rings. The van der Waals surface area contributed by atoms with Crippen molar-refractivity contribution in [3.8, 4) is 0 Å². The van der Waals surface area contributed by atoms with Crippen LogP contribution in [0.3, 0.4) is 0 Å². The highest BCUT2D eigenvalue weighted by molar-refractivity contribution is 7.98. The molecule has 1 fully saturated rings. The summed E-state index contributed by atoms with van der Waals surface area (Å²) in [7, 11) is 0. The van der Waals surface area contributed by atoms with Gasteiger partial charge in [-0.3, -0.25) is 4.79 Å². The van der Waals surface area contributed by atoms with Gasteiger partial charge in [0.05, 0.1) is 0 Å². The summed E-state index contributed by atoms with van der Waals surface area (Å²) < 4.78 is 0. The highest BCUT2D eigenvalue weighted by Gasteiger charge is 2.10. The summed E-state index contributed by atoms with van der Waals surface area (Å²) in [6.07, 6.45) is 7.54. The van der Waals surface area contributed by atoms with Gasteiger partial charge in [0.15, 0.2) is 0 Å². The van der Waals surface area contributed by atoms with Gasteiger partial charge in [-0.1, -0.05) is 0 Å². The average Bonchev–Trinajstić information content (AvgIpc) is 2.49. The van der Waals surface area contributed by atoms with E-state index in [0.717, 1.165) is 31.0 Å². The fourth-order valence-corrected chi connectivity index (χ4v) is 2.94. The minimum Gasteiger partial charge on any atom is -0.372 e. The highest BCUT2D eigenvalue weighted by atomic mass is 32.2. The first-order valence-electron chi connectivity index (χ1n) is 7.43. The van der Waals surface area contributed by atoms with Gasteiger partial charge in [0.1, 0.15) is 0 Å². The Labute approximate surface area is 126 Å². The van der Waals surface area contributed by atoms with Crippen molar-refractivity contribution in [2.45, 2.75) is 32.1 Å². The number of benzene rings is 1. The molecule has 2 rings (SSSR count). The second-order valence-electron chi connectivity index (χ2n) is 5.24. The van der Waals surface area contributed by atoms with Gasteiger partial charge in [-0.15, -0.1) is 0 Å². The van der Waals surface area contributed by atoms with E-state index in [1.165, 1.54) is 24.9 Å². The predicted molar refractivity (Wildman–Crippen MR) is 88.8 cm³/mol. The predicted octanol–water partition coefficient (Wildman–Crippen LogP) is 3.76. The summed E-state index contributed by atoms with van der Waals surface area (Å²) in [5, 5.41) is 2.96. The van der Waals surface area contributed by atoms with Crippen LogP contribution in [-0.4, -0.2) is 31.0 Å². The molecule has 20 heavy (non-hydrogen) atoms. The largest absolute Gasteiger partial charge is 0.372 e. The first-order valence-corrected chi connectivity index (χ1v) is 8.83. The Kier molecular flexibility index (Phi) is 6.25. The van der Waals surface area contributed by atoms with E-state index in [0.29, 0.717) is 6.42 Å². The van der Waals surface area contributed by atoms with Crippen LogP contribution in [0.5, 0.6) is 0 Å². The second-order valence-corrected chi connectivity index (χ2v) is 6.22. The van der Waals surface area contributed by atoms with E-state index in [1.807, 2.05) is 12.1 Å². The van der Waals surface area contributed by atoms with Gasteiger partial charge in [0.2, 0.25) is 5.91 Å². The third-order valence-corrected chi connectivity index (χ3v) is 4.32. The molecule has 1 heterocycles. The molecule has 1 amide bonds. The highest BCUT2D eigenvalue weighted by Crippen LogP contribution is 2.21. The summed E-state index contributed by atoms with van der Waals surface area (Å²) in [4.78, 5) is 14.2. The lowest BCUT2D eigenvalue weighted by molar-refractivity contribution is -0.116. The van der Waals surface area contributed by atoms with Crippen LogP contribution < -0.4 is 10.2 Å². The molecule has 1 aromatic carbocycles. The van der Waals surface area contributed by atoms with Crippen molar-refractivity contribution in [1.29, 1.82) is 0 Å². The molecule has 0 unspecified atom stereocenters. The zero-order valence-corrected chi connectivity index (χ0v) is 13.0. The van der Waals surface area contributed by atoms with Gasteiger partial charge in [-0.2, -0.15) is 11.8 Å². The SMILES string of the molecule is CSCCCC(=O)Nc1ccc(N2CCCCC2)cc1. The zero-order chi connectivity index (χ0) is 14.2. The molecule has 1 N–H and O–H groups in total. The lowest BCUT2D eigenvalue weighted by Crippen LogP contribution is -2.29. The van der Waals surface area contributed by atoms with Crippen molar-refractivity contribution in [1.82, 2.24) is 0 Å². The molecular formula is C16H24N2OS. The van der Waals surface area contributed by atoms with E-state index in [2.05, 4.69) is 28.6 Å². The third kappa shape index (κ3) is 4.75. The van der Waals surface area contributed by atoms with Crippen molar-refractivity contribution >= 4 is 29.0 Å². The number of hydrogen-bond acceptors (Lipinski definition) is 3. The minimum atomic E-state index is 0.116. The fourth-order valence-electron chi connectivity index (χ4n) is 2.51. The summed E-state index contributed by atoms with van der Waals surface area (Å²) >= 11 is 1.78. The smallest absolute Gasteiger partial charge is 0.224 e. The van der Waals surface area contributed by atoms with Gasteiger partial charge in [0.25, 0.3) is 0 Å². The molecule has 0 atom stereocenters. The van der Waals surface area contributed by atoms with Crippen LogP contribution in [0.4, 0.5) is 11.4 Å². The maximum Gasteiger partial charge on any atom is 0.224 e. The van der Waals surface area contributed by atoms with Gasteiger partial charge >= 0.3 is 0 Å². The zero-order valence-electron chi connectivity index (χ0n) is 12.2. The van der Waals surface area contributed by atoms with E-state index >= 15 is 0 Å². The molecule has 0 aliphatic carbocycles. The van der Waals surface area contributed by atoms with Gasteiger partial charge in [0, 0.05) is 30.9 Å². The van der Waals surface area contributed by atoms with Gasteiger partial charge in [-0.25, -0.2) is 0 Å². The molecule has 4 heteroatoms. The molecule has 1 saturated heterocycles. The van der Waals surface area contributed by atoms with Crippen molar-refractivity contribution in [2.24, 2.45) is 0 Å². The van der Waals surface area contributed by atoms with Crippen molar-refractivity contribution in [3.05, 3.63) is 24.3 Å². The molecule has 1 aromatic rings. The number of carbonyl (C=O) groups excluding carboxylic acids is 1. The second kappa shape index (κ2) is 8.20. The minimum absolute atomic E-state index is 0.116. The van der Waals surface area contributed by atoms with E-state index in [9.17, 15) is 4.79 Å². The van der Waals surface area contributed by atoms with Crippen molar-refractivity contribution in [2.75, 3.05) is 35.3 Å². The number of carbonyl (C=O) groups is 1. The van der Waals surface area contributed by atoms with Crippen molar-refractivity contribution < 1.29 is 4.79 Å². The number of nitrogens with one attached hydrogen (secondary N) is 1. The number of rotatable bonds is 6. The third-order valence-electron chi connectivity index (χ3n) is 3.62. The Morgan fingerprint density at radius 1 is 1.20 bits per heavy atom. The van der Waals surface area contributed by atoms with Crippen LogP contribution in [-0.2, 0) is 4.79 Å². The van der Waals surface area contributed by atoms with E-state index in [1.54, 1.807) is 11.8 Å². The Balaban J connectivity index is 1.83. The molecule has 0 aromatic heterocycles. The molecule has 0 radical (unpaired) electrons. The van der Waals surface area contributed by atoms with Crippen LogP contribution in [0.25, 0.3) is 0 Å². The first-order chi connectivity index (χ1) is 9.79. The number of anilines is 2. The number of amides is 1. The van der Waals surface area contributed by atoms with Crippen LogP contribution in [0, 0.1) is 0 Å².